The van der Waals surface area contributed by atoms with E-state index in [-0.39, 0.29) is 6.03 Å². The average molecular weight is 374 g/mol. The molecule has 2 aromatic rings. The summed E-state index contributed by atoms with van der Waals surface area (Å²) in [7, 11) is 0. The van der Waals surface area contributed by atoms with Gasteiger partial charge in [0.05, 0.1) is 5.03 Å². The second kappa shape index (κ2) is 11.5. The first-order valence-electron chi connectivity index (χ1n) is 8.89. The van der Waals surface area contributed by atoms with Crippen LogP contribution in [0.25, 0.3) is 0 Å². The van der Waals surface area contributed by atoms with E-state index in [1.807, 2.05) is 42.5 Å². The molecule has 0 aliphatic carbocycles. The fraction of sp³-hybridized carbons (Fsp3) is 0.400. The van der Waals surface area contributed by atoms with Gasteiger partial charge in [0.2, 0.25) is 0 Å². The van der Waals surface area contributed by atoms with Gasteiger partial charge in [-0.05, 0) is 42.2 Å². The molecule has 2 amide bonds. The minimum absolute atomic E-state index is 0.191. The van der Waals surface area contributed by atoms with Crippen LogP contribution >= 0.6 is 11.8 Å². The maximum Gasteiger partial charge on any atom is 0.319 e. The lowest BCUT2D eigenvalue weighted by molar-refractivity contribution is 0.108. The van der Waals surface area contributed by atoms with E-state index in [1.54, 1.807) is 18.0 Å². The van der Waals surface area contributed by atoms with E-state index >= 15 is 0 Å². The standard InChI is InChI=1S/C20H27N3O2S/c1-16(2)14-25-12-6-11-22-20(24)23-18-8-5-7-17(13-18)15-26-19-9-3-4-10-21-19/h3-5,7-10,13,16H,6,11-12,14-15H2,1-2H3,(H2,22,23,24). The molecule has 1 aromatic carbocycles. The van der Waals surface area contributed by atoms with Crippen LogP contribution in [0.1, 0.15) is 25.8 Å². The zero-order valence-corrected chi connectivity index (χ0v) is 16.2. The Kier molecular flexibility index (Phi) is 9.00. The summed E-state index contributed by atoms with van der Waals surface area (Å²) in [5.41, 5.74) is 1.93. The Bertz CT molecular complexity index is 665. The molecule has 0 aliphatic rings. The van der Waals surface area contributed by atoms with Crippen molar-refractivity contribution in [1.82, 2.24) is 10.3 Å². The smallest absolute Gasteiger partial charge is 0.319 e. The number of carbonyl (C=O) groups excluding carboxylic acids is 1. The normalized spacial score (nSPS) is 10.7. The fourth-order valence-electron chi connectivity index (χ4n) is 2.20. The van der Waals surface area contributed by atoms with Crippen molar-refractivity contribution >= 4 is 23.5 Å². The first-order valence-corrected chi connectivity index (χ1v) is 9.87. The summed E-state index contributed by atoms with van der Waals surface area (Å²) in [6, 6.07) is 13.6. The summed E-state index contributed by atoms with van der Waals surface area (Å²) in [4.78, 5) is 16.3. The molecule has 0 saturated carbocycles. The number of nitrogens with one attached hydrogen (secondary N) is 2. The van der Waals surface area contributed by atoms with Gasteiger partial charge in [-0.1, -0.05) is 32.0 Å². The Labute approximate surface area is 159 Å². The summed E-state index contributed by atoms with van der Waals surface area (Å²) in [6.07, 6.45) is 2.60. The number of urea groups is 1. The molecule has 0 bridgehead atoms. The van der Waals surface area contributed by atoms with Crippen LogP contribution in [0.2, 0.25) is 0 Å². The summed E-state index contributed by atoms with van der Waals surface area (Å²) >= 11 is 1.67. The second-order valence-corrected chi connectivity index (χ2v) is 7.36. The molecule has 0 fully saturated rings. The Morgan fingerprint density at radius 3 is 2.88 bits per heavy atom. The molecule has 0 radical (unpaired) electrons. The topological polar surface area (TPSA) is 63.2 Å². The maximum atomic E-state index is 12.0. The van der Waals surface area contributed by atoms with E-state index in [2.05, 4.69) is 29.5 Å². The van der Waals surface area contributed by atoms with Crippen molar-refractivity contribution in [2.75, 3.05) is 25.1 Å². The Morgan fingerprint density at radius 2 is 2.12 bits per heavy atom. The number of hydrogen-bond donors (Lipinski definition) is 2. The largest absolute Gasteiger partial charge is 0.381 e. The molecule has 6 heteroatoms. The number of anilines is 1. The Morgan fingerprint density at radius 1 is 1.23 bits per heavy atom. The predicted octanol–water partition coefficient (Wildman–Crippen LogP) is 4.56. The quantitative estimate of drug-likeness (QED) is 0.473. The third-order valence-electron chi connectivity index (χ3n) is 3.41. The summed E-state index contributed by atoms with van der Waals surface area (Å²) in [6.45, 7) is 6.26. The zero-order valence-electron chi connectivity index (χ0n) is 15.4. The van der Waals surface area contributed by atoms with Crippen LogP contribution in [0.15, 0.2) is 53.7 Å². The highest BCUT2D eigenvalue weighted by Gasteiger charge is 2.03. The van der Waals surface area contributed by atoms with Crippen molar-refractivity contribution in [2.45, 2.75) is 31.0 Å². The molecular formula is C20H27N3O2S. The van der Waals surface area contributed by atoms with E-state index in [1.165, 1.54) is 0 Å². The molecule has 140 valence electrons. The molecule has 2 rings (SSSR count). The molecule has 0 spiro atoms. The first-order chi connectivity index (χ1) is 12.6. The molecule has 0 unspecified atom stereocenters. The molecule has 2 N–H and O–H groups in total. The van der Waals surface area contributed by atoms with Crippen molar-refractivity contribution < 1.29 is 9.53 Å². The van der Waals surface area contributed by atoms with Crippen LogP contribution in [0, 0.1) is 5.92 Å². The molecular weight excluding hydrogens is 346 g/mol. The van der Waals surface area contributed by atoms with E-state index in [9.17, 15) is 4.79 Å². The van der Waals surface area contributed by atoms with Gasteiger partial charge in [-0.2, -0.15) is 0 Å². The van der Waals surface area contributed by atoms with Gasteiger partial charge in [0, 0.05) is 37.4 Å². The van der Waals surface area contributed by atoms with E-state index in [0.717, 1.165) is 35.1 Å². The summed E-state index contributed by atoms with van der Waals surface area (Å²) < 4.78 is 5.50. The van der Waals surface area contributed by atoms with Crippen LogP contribution in [0.4, 0.5) is 10.5 Å². The Hall–Kier alpha value is -2.05. The number of thioether (sulfide) groups is 1. The van der Waals surface area contributed by atoms with Crippen molar-refractivity contribution in [1.29, 1.82) is 0 Å². The molecule has 1 heterocycles. The highest BCUT2D eigenvalue weighted by molar-refractivity contribution is 7.98. The lowest BCUT2D eigenvalue weighted by Crippen LogP contribution is -2.30. The third-order valence-corrected chi connectivity index (χ3v) is 4.43. The summed E-state index contributed by atoms with van der Waals surface area (Å²) in [5.74, 6) is 1.34. The van der Waals surface area contributed by atoms with Crippen molar-refractivity contribution in [3.8, 4) is 0 Å². The maximum absolute atomic E-state index is 12.0. The van der Waals surface area contributed by atoms with Crippen LogP contribution < -0.4 is 10.6 Å². The van der Waals surface area contributed by atoms with Crippen LogP contribution in [-0.2, 0) is 10.5 Å². The fourth-order valence-corrected chi connectivity index (χ4v) is 3.00. The molecule has 0 saturated heterocycles. The number of carbonyl (C=O) groups is 1. The molecule has 26 heavy (non-hydrogen) atoms. The SMILES string of the molecule is CC(C)COCCCNC(=O)Nc1cccc(CSc2ccccn2)c1. The van der Waals surface area contributed by atoms with Gasteiger partial charge >= 0.3 is 6.03 Å². The Balaban J connectivity index is 1.69. The van der Waals surface area contributed by atoms with Gasteiger partial charge in [-0.3, -0.25) is 0 Å². The van der Waals surface area contributed by atoms with Gasteiger partial charge in [-0.25, -0.2) is 9.78 Å². The van der Waals surface area contributed by atoms with Crippen molar-refractivity contribution in [3.63, 3.8) is 0 Å². The minimum atomic E-state index is -0.191. The molecule has 1 aromatic heterocycles. The van der Waals surface area contributed by atoms with E-state index < -0.39 is 0 Å². The first kappa shape index (κ1) is 20.3. The van der Waals surface area contributed by atoms with Gasteiger partial charge in [-0.15, -0.1) is 11.8 Å². The van der Waals surface area contributed by atoms with E-state index in [4.69, 9.17) is 4.74 Å². The number of hydrogen-bond acceptors (Lipinski definition) is 4. The van der Waals surface area contributed by atoms with Crippen molar-refractivity contribution in [3.05, 3.63) is 54.2 Å². The van der Waals surface area contributed by atoms with Gasteiger partial charge in [0.15, 0.2) is 0 Å². The highest BCUT2D eigenvalue weighted by Crippen LogP contribution is 2.22. The zero-order chi connectivity index (χ0) is 18.6. The van der Waals surface area contributed by atoms with Crippen molar-refractivity contribution in [2.24, 2.45) is 5.92 Å². The monoisotopic (exact) mass is 373 g/mol. The number of ether oxygens (including phenoxy) is 1. The lowest BCUT2D eigenvalue weighted by Gasteiger charge is -2.10. The van der Waals surface area contributed by atoms with Gasteiger partial charge < -0.3 is 15.4 Å². The summed E-state index contributed by atoms with van der Waals surface area (Å²) in [5, 5.41) is 6.71. The molecule has 0 atom stereocenters. The number of aromatic nitrogens is 1. The highest BCUT2D eigenvalue weighted by atomic mass is 32.2. The number of rotatable bonds is 10. The molecule has 0 aliphatic heterocycles. The van der Waals surface area contributed by atoms with Gasteiger partial charge in [0.1, 0.15) is 0 Å². The van der Waals surface area contributed by atoms with Crippen LogP contribution in [0.3, 0.4) is 0 Å². The van der Waals surface area contributed by atoms with Gasteiger partial charge in [0.25, 0.3) is 0 Å². The van der Waals surface area contributed by atoms with Crippen LogP contribution in [-0.4, -0.2) is 30.8 Å². The number of pyridine rings is 1. The lowest BCUT2D eigenvalue weighted by atomic mass is 10.2. The average Bonchev–Trinajstić information content (AvgIpc) is 2.64. The molecule has 5 nitrogen and oxygen atoms in total. The third kappa shape index (κ3) is 8.36. The second-order valence-electron chi connectivity index (χ2n) is 6.36. The number of amides is 2. The number of nitrogens with zero attached hydrogens (tertiary/aromatic N) is 1. The van der Waals surface area contributed by atoms with Crippen LogP contribution in [0.5, 0.6) is 0 Å². The number of benzene rings is 1. The van der Waals surface area contributed by atoms with E-state index in [0.29, 0.717) is 19.1 Å². The minimum Gasteiger partial charge on any atom is -0.381 e. The predicted molar refractivity (Wildman–Crippen MR) is 108 cm³/mol.